The lowest BCUT2D eigenvalue weighted by atomic mass is 9.52. The molecule has 2 aliphatic carbocycles. The predicted molar refractivity (Wildman–Crippen MR) is 76.9 cm³/mol. The number of esters is 2. The molecule has 2 aliphatic heterocycles. The SMILES string of the molecule is CC(=O)O[C@@H]1CC[C@]2(C)O[C@@]23[C@H]2OC(=O)[C@@H](C)[C@@H]2CC[C@@]13C. The molecule has 4 aliphatic rings. The van der Waals surface area contributed by atoms with Crippen LogP contribution in [-0.4, -0.2) is 35.3 Å². The minimum atomic E-state index is -0.484. The highest BCUT2D eigenvalue weighted by Gasteiger charge is 2.85. The summed E-state index contributed by atoms with van der Waals surface area (Å²) in [6.07, 6.45) is 3.13. The average Bonchev–Trinajstić information content (AvgIpc) is 2.98. The first-order valence-corrected chi connectivity index (χ1v) is 8.33. The Morgan fingerprint density at radius 1 is 1.27 bits per heavy atom. The quantitative estimate of drug-likeness (QED) is 0.549. The van der Waals surface area contributed by atoms with E-state index < -0.39 is 5.60 Å². The molecule has 0 aromatic heterocycles. The number of hydrogen-bond donors (Lipinski definition) is 0. The molecule has 2 saturated carbocycles. The van der Waals surface area contributed by atoms with Crippen LogP contribution in [-0.2, 0) is 23.8 Å². The van der Waals surface area contributed by atoms with Gasteiger partial charge in [0.25, 0.3) is 0 Å². The van der Waals surface area contributed by atoms with E-state index in [2.05, 4.69) is 13.8 Å². The third kappa shape index (κ3) is 1.44. The van der Waals surface area contributed by atoms with E-state index in [1.165, 1.54) is 6.92 Å². The predicted octanol–water partition coefficient (Wildman–Crippen LogP) is 2.22. The van der Waals surface area contributed by atoms with Crippen molar-refractivity contribution in [2.75, 3.05) is 0 Å². The van der Waals surface area contributed by atoms with Gasteiger partial charge in [0.2, 0.25) is 0 Å². The number of fused-ring (bicyclic) bond motifs is 1. The summed E-state index contributed by atoms with van der Waals surface area (Å²) in [7, 11) is 0. The molecule has 0 amide bonds. The Bertz CT molecular complexity index is 559. The summed E-state index contributed by atoms with van der Waals surface area (Å²) < 4.78 is 17.7. The van der Waals surface area contributed by atoms with Crippen molar-refractivity contribution in [3.63, 3.8) is 0 Å². The van der Waals surface area contributed by atoms with Crippen molar-refractivity contribution in [2.45, 2.75) is 76.8 Å². The van der Waals surface area contributed by atoms with Crippen LogP contribution in [0.15, 0.2) is 0 Å². The monoisotopic (exact) mass is 308 g/mol. The normalized spacial score (nSPS) is 55.5. The van der Waals surface area contributed by atoms with Gasteiger partial charge in [0.15, 0.2) is 0 Å². The third-order valence-electron chi connectivity index (χ3n) is 6.92. The van der Waals surface area contributed by atoms with Gasteiger partial charge in [0, 0.05) is 18.3 Å². The van der Waals surface area contributed by atoms with Gasteiger partial charge < -0.3 is 14.2 Å². The minimum Gasteiger partial charge on any atom is -0.462 e. The molecule has 1 spiro atoms. The molecule has 0 aromatic rings. The number of carbonyl (C=O) groups is 2. The van der Waals surface area contributed by atoms with Crippen LogP contribution < -0.4 is 0 Å². The zero-order valence-corrected chi connectivity index (χ0v) is 13.7. The molecule has 22 heavy (non-hydrogen) atoms. The molecule has 122 valence electrons. The Hall–Kier alpha value is -1.10. The van der Waals surface area contributed by atoms with Gasteiger partial charge in [-0.1, -0.05) is 13.8 Å². The van der Waals surface area contributed by atoms with Crippen molar-refractivity contribution < 1.29 is 23.8 Å². The van der Waals surface area contributed by atoms with Gasteiger partial charge in [0.1, 0.15) is 17.8 Å². The summed E-state index contributed by atoms with van der Waals surface area (Å²) in [5.74, 6) is -0.199. The summed E-state index contributed by atoms with van der Waals surface area (Å²) in [5, 5.41) is 0. The molecule has 2 saturated heterocycles. The second-order valence-corrected chi connectivity index (χ2v) is 7.97. The molecule has 0 N–H and O–H groups in total. The molecular weight excluding hydrogens is 284 g/mol. The van der Waals surface area contributed by atoms with E-state index in [0.717, 1.165) is 25.7 Å². The standard InChI is InChI=1S/C17H24O5/c1-9-11-5-7-15(3)12(20-10(2)18)6-8-16(4)17(15,22-16)13(11)21-14(9)19/h9,11-13H,5-8H2,1-4H3/t9-,11-,12+,13-,15-,16-,17+/m0/s1. The van der Waals surface area contributed by atoms with Crippen LogP contribution in [0.25, 0.3) is 0 Å². The van der Waals surface area contributed by atoms with Gasteiger partial charge in [-0.15, -0.1) is 0 Å². The van der Waals surface area contributed by atoms with E-state index in [1.54, 1.807) is 0 Å². The number of hydrogen-bond acceptors (Lipinski definition) is 5. The van der Waals surface area contributed by atoms with Crippen LogP contribution in [0.1, 0.15) is 53.4 Å². The number of ether oxygens (including phenoxy) is 3. The van der Waals surface area contributed by atoms with E-state index in [0.29, 0.717) is 0 Å². The maximum absolute atomic E-state index is 12.1. The molecule has 4 rings (SSSR count). The zero-order chi connectivity index (χ0) is 15.9. The second-order valence-electron chi connectivity index (χ2n) is 7.97. The molecule has 0 bridgehead atoms. The van der Waals surface area contributed by atoms with Gasteiger partial charge in [-0.25, -0.2) is 0 Å². The molecule has 0 unspecified atom stereocenters. The fraction of sp³-hybridized carbons (Fsp3) is 0.882. The summed E-state index contributed by atoms with van der Waals surface area (Å²) in [5.41, 5.74) is -1.02. The van der Waals surface area contributed by atoms with Crippen LogP contribution in [0.2, 0.25) is 0 Å². The van der Waals surface area contributed by atoms with E-state index in [4.69, 9.17) is 14.2 Å². The lowest BCUT2D eigenvalue weighted by Gasteiger charge is -2.52. The minimum absolute atomic E-state index is 0.0634. The largest absolute Gasteiger partial charge is 0.462 e. The zero-order valence-electron chi connectivity index (χ0n) is 13.7. The van der Waals surface area contributed by atoms with Crippen molar-refractivity contribution in [2.24, 2.45) is 17.3 Å². The van der Waals surface area contributed by atoms with Crippen molar-refractivity contribution in [1.29, 1.82) is 0 Å². The summed E-state index contributed by atoms with van der Waals surface area (Å²) >= 11 is 0. The van der Waals surface area contributed by atoms with Crippen LogP contribution in [0.4, 0.5) is 0 Å². The lowest BCUT2D eigenvalue weighted by Crippen LogP contribution is -2.63. The fourth-order valence-electron chi connectivity index (χ4n) is 5.68. The first-order chi connectivity index (χ1) is 10.3. The second kappa shape index (κ2) is 4.05. The Kier molecular flexibility index (Phi) is 2.67. The smallest absolute Gasteiger partial charge is 0.309 e. The van der Waals surface area contributed by atoms with Gasteiger partial charge in [0.05, 0.1) is 11.5 Å². The van der Waals surface area contributed by atoms with Gasteiger partial charge >= 0.3 is 11.9 Å². The molecule has 2 heterocycles. The Morgan fingerprint density at radius 2 is 2.00 bits per heavy atom. The molecule has 7 atom stereocenters. The van der Waals surface area contributed by atoms with E-state index in [1.807, 2.05) is 6.92 Å². The molecule has 5 heteroatoms. The highest BCUT2D eigenvalue weighted by Crippen LogP contribution is 2.73. The van der Waals surface area contributed by atoms with E-state index in [9.17, 15) is 9.59 Å². The maximum atomic E-state index is 12.1. The van der Waals surface area contributed by atoms with E-state index in [-0.39, 0.29) is 47.0 Å². The van der Waals surface area contributed by atoms with Crippen molar-refractivity contribution >= 4 is 11.9 Å². The van der Waals surface area contributed by atoms with Crippen molar-refractivity contribution in [1.82, 2.24) is 0 Å². The summed E-state index contributed by atoms with van der Waals surface area (Å²) in [6.45, 7) is 7.69. The highest BCUT2D eigenvalue weighted by atomic mass is 16.7. The van der Waals surface area contributed by atoms with E-state index >= 15 is 0 Å². The van der Waals surface area contributed by atoms with Gasteiger partial charge in [-0.05, 0) is 32.6 Å². The summed E-state index contributed by atoms with van der Waals surface area (Å²) in [4.78, 5) is 23.6. The van der Waals surface area contributed by atoms with Gasteiger partial charge in [-0.2, -0.15) is 0 Å². The molecule has 0 aromatic carbocycles. The maximum Gasteiger partial charge on any atom is 0.309 e. The number of rotatable bonds is 1. The number of carbonyl (C=O) groups excluding carboxylic acids is 2. The lowest BCUT2D eigenvalue weighted by molar-refractivity contribution is -0.177. The number of epoxide rings is 1. The highest BCUT2D eigenvalue weighted by molar-refractivity contribution is 5.75. The molecule has 0 radical (unpaired) electrons. The molecule has 4 fully saturated rings. The topological polar surface area (TPSA) is 65.1 Å². The van der Waals surface area contributed by atoms with Gasteiger partial charge in [-0.3, -0.25) is 9.59 Å². The van der Waals surface area contributed by atoms with Crippen molar-refractivity contribution in [3.8, 4) is 0 Å². The third-order valence-corrected chi connectivity index (χ3v) is 6.92. The summed E-state index contributed by atoms with van der Waals surface area (Å²) in [6, 6.07) is 0. The van der Waals surface area contributed by atoms with Crippen LogP contribution in [0.5, 0.6) is 0 Å². The Balaban J connectivity index is 1.75. The first kappa shape index (κ1) is 14.5. The van der Waals surface area contributed by atoms with Crippen LogP contribution >= 0.6 is 0 Å². The average molecular weight is 308 g/mol. The fourth-order valence-corrected chi connectivity index (χ4v) is 5.68. The molecular formula is C17H24O5. The Morgan fingerprint density at radius 3 is 2.68 bits per heavy atom. The van der Waals surface area contributed by atoms with Crippen LogP contribution in [0.3, 0.4) is 0 Å². The van der Waals surface area contributed by atoms with Crippen LogP contribution in [0, 0.1) is 17.3 Å². The first-order valence-electron chi connectivity index (χ1n) is 8.33. The molecule has 5 nitrogen and oxygen atoms in total. The Labute approximate surface area is 130 Å². The van der Waals surface area contributed by atoms with Crippen molar-refractivity contribution in [3.05, 3.63) is 0 Å².